The van der Waals surface area contributed by atoms with Gasteiger partial charge in [0.2, 0.25) is 5.91 Å². The second kappa shape index (κ2) is 4.67. The van der Waals surface area contributed by atoms with E-state index in [1.165, 1.54) is 0 Å². The SMILES string of the molecule is NC(=O)CC=Cc1cc(N)cc(Cl)c1. The predicted octanol–water partition coefficient (Wildman–Crippen LogP) is 1.81. The first-order valence-corrected chi connectivity index (χ1v) is 4.46. The Hall–Kier alpha value is -1.48. The van der Waals surface area contributed by atoms with E-state index < -0.39 is 0 Å². The number of nitrogen functional groups attached to an aromatic ring is 1. The zero-order valence-corrected chi connectivity index (χ0v) is 8.29. The lowest BCUT2D eigenvalue weighted by Crippen LogP contribution is -2.07. The molecule has 74 valence electrons. The van der Waals surface area contributed by atoms with Gasteiger partial charge in [-0.2, -0.15) is 0 Å². The summed E-state index contributed by atoms with van der Waals surface area (Å²) in [5.74, 6) is -0.365. The molecular weight excluding hydrogens is 200 g/mol. The summed E-state index contributed by atoms with van der Waals surface area (Å²) in [6.45, 7) is 0. The summed E-state index contributed by atoms with van der Waals surface area (Å²) in [6.07, 6.45) is 3.65. The minimum atomic E-state index is -0.365. The summed E-state index contributed by atoms with van der Waals surface area (Å²) in [5, 5.41) is 0.573. The summed E-state index contributed by atoms with van der Waals surface area (Å²) in [4.78, 5) is 10.4. The topological polar surface area (TPSA) is 69.1 Å². The number of carbonyl (C=O) groups is 1. The van der Waals surface area contributed by atoms with Crippen molar-refractivity contribution in [1.29, 1.82) is 0 Å². The Morgan fingerprint density at radius 3 is 2.71 bits per heavy atom. The number of anilines is 1. The third-order valence-corrected chi connectivity index (χ3v) is 1.79. The Kier molecular flexibility index (Phi) is 3.54. The second-order valence-corrected chi connectivity index (χ2v) is 3.33. The van der Waals surface area contributed by atoms with Gasteiger partial charge in [-0.05, 0) is 23.8 Å². The van der Waals surface area contributed by atoms with E-state index in [4.69, 9.17) is 23.1 Å². The lowest BCUT2D eigenvalue weighted by atomic mass is 10.2. The molecule has 1 amide bonds. The number of rotatable bonds is 3. The van der Waals surface area contributed by atoms with Crippen LogP contribution in [0.1, 0.15) is 12.0 Å². The van der Waals surface area contributed by atoms with Crippen LogP contribution in [0.25, 0.3) is 6.08 Å². The van der Waals surface area contributed by atoms with E-state index in [1.807, 2.05) is 0 Å². The van der Waals surface area contributed by atoms with Gasteiger partial charge >= 0.3 is 0 Å². The molecule has 0 saturated heterocycles. The molecule has 4 heteroatoms. The zero-order valence-electron chi connectivity index (χ0n) is 7.53. The Balaban J connectivity index is 2.76. The van der Waals surface area contributed by atoms with Crippen LogP contribution >= 0.6 is 11.6 Å². The monoisotopic (exact) mass is 210 g/mol. The van der Waals surface area contributed by atoms with Crippen LogP contribution in [0.2, 0.25) is 5.02 Å². The Morgan fingerprint density at radius 2 is 2.14 bits per heavy atom. The van der Waals surface area contributed by atoms with Gasteiger partial charge in [0, 0.05) is 17.1 Å². The van der Waals surface area contributed by atoms with Gasteiger partial charge in [-0.25, -0.2) is 0 Å². The highest BCUT2D eigenvalue weighted by Gasteiger charge is 1.94. The minimum Gasteiger partial charge on any atom is -0.399 e. The quantitative estimate of drug-likeness (QED) is 0.748. The van der Waals surface area contributed by atoms with Gasteiger partial charge in [-0.1, -0.05) is 23.8 Å². The highest BCUT2D eigenvalue weighted by atomic mass is 35.5. The van der Waals surface area contributed by atoms with E-state index in [0.717, 1.165) is 5.56 Å². The molecule has 0 aromatic heterocycles. The molecule has 0 heterocycles. The summed E-state index contributed by atoms with van der Waals surface area (Å²) in [5.41, 5.74) is 12.0. The highest BCUT2D eigenvalue weighted by molar-refractivity contribution is 6.31. The Bertz CT molecular complexity index is 354. The molecule has 0 aliphatic heterocycles. The van der Waals surface area contributed by atoms with Crippen molar-refractivity contribution in [3.63, 3.8) is 0 Å². The van der Waals surface area contributed by atoms with Crippen molar-refractivity contribution < 1.29 is 4.79 Å². The molecule has 1 rings (SSSR count). The molecular formula is C10H11ClN2O. The number of hydrogen-bond donors (Lipinski definition) is 2. The number of primary amides is 1. The number of halogens is 1. The molecule has 0 bridgehead atoms. The average molecular weight is 211 g/mol. The van der Waals surface area contributed by atoms with Crippen molar-refractivity contribution in [2.75, 3.05) is 5.73 Å². The Morgan fingerprint density at radius 1 is 1.43 bits per heavy atom. The molecule has 0 radical (unpaired) electrons. The number of hydrogen-bond acceptors (Lipinski definition) is 2. The number of nitrogens with two attached hydrogens (primary N) is 2. The lowest BCUT2D eigenvalue weighted by Gasteiger charge is -1.97. The molecule has 0 spiro atoms. The molecule has 0 atom stereocenters. The first-order valence-electron chi connectivity index (χ1n) is 4.09. The van der Waals surface area contributed by atoms with Gasteiger partial charge in [0.1, 0.15) is 0 Å². The molecule has 14 heavy (non-hydrogen) atoms. The van der Waals surface area contributed by atoms with Crippen molar-refractivity contribution in [1.82, 2.24) is 0 Å². The molecule has 3 nitrogen and oxygen atoms in total. The largest absolute Gasteiger partial charge is 0.399 e. The third kappa shape index (κ3) is 3.49. The van der Waals surface area contributed by atoms with Crippen LogP contribution in [-0.2, 0) is 4.79 Å². The number of benzene rings is 1. The van der Waals surface area contributed by atoms with Crippen LogP contribution in [0, 0.1) is 0 Å². The van der Waals surface area contributed by atoms with E-state index in [1.54, 1.807) is 30.4 Å². The minimum absolute atomic E-state index is 0.215. The summed E-state index contributed by atoms with van der Waals surface area (Å²) in [6, 6.07) is 5.19. The fourth-order valence-electron chi connectivity index (χ4n) is 1.04. The van der Waals surface area contributed by atoms with E-state index in [9.17, 15) is 4.79 Å². The molecule has 0 saturated carbocycles. The van der Waals surface area contributed by atoms with Gasteiger partial charge in [-0.3, -0.25) is 4.79 Å². The molecule has 0 aliphatic rings. The molecule has 4 N–H and O–H groups in total. The van der Waals surface area contributed by atoms with E-state index in [-0.39, 0.29) is 12.3 Å². The predicted molar refractivity (Wildman–Crippen MR) is 58.7 cm³/mol. The van der Waals surface area contributed by atoms with Crippen molar-refractivity contribution in [3.05, 3.63) is 34.9 Å². The maximum atomic E-state index is 10.4. The summed E-state index contributed by atoms with van der Waals surface area (Å²) in [7, 11) is 0. The summed E-state index contributed by atoms with van der Waals surface area (Å²) < 4.78 is 0. The number of amides is 1. The average Bonchev–Trinajstić information content (AvgIpc) is 2.01. The van der Waals surface area contributed by atoms with Gasteiger partial charge in [0.25, 0.3) is 0 Å². The second-order valence-electron chi connectivity index (χ2n) is 2.89. The van der Waals surface area contributed by atoms with Crippen LogP contribution in [0.3, 0.4) is 0 Å². The van der Waals surface area contributed by atoms with Crippen molar-refractivity contribution >= 4 is 29.3 Å². The highest BCUT2D eigenvalue weighted by Crippen LogP contribution is 2.17. The first kappa shape index (κ1) is 10.6. The smallest absolute Gasteiger partial charge is 0.221 e. The van der Waals surface area contributed by atoms with E-state index >= 15 is 0 Å². The van der Waals surface area contributed by atoms with Gasteiger partial charge in [0.05, 0.1) is 0 Å². The van der Waals surface area contributed by atoms with Gasteiger partial charge in [-0.15, -0.1) is 0 Å². The van der Waals surface area contributed by atoms with Crippen molar-refractivity contribution in [2.24, 2.45) is 5.73 Å². The molecule has 1 aromatic rings. The molecule has 0 unspecified atom stereocenters. The van der Waals surface area contributed by atoms with Crippen molar-refractivity contribution in [3.8, 4) is 0 Å². The van der Waals surface area contributed by atoms with Crippen LogP contribution in [-0.4, -0.2) is 5.91 Å². The molecule has 0 aliphatic carbocycles. The fourth-order valence-corrected chi connectivity index (χ4v) is 1.30. The number of carbonyl (C=O) groups excluding carboxylic acids is 1. The van der Waals surface area contributed by atoms with Gasteiger partial charge in [0.15, 0.2) is 0 Å². The zero-order chi connectivity index (χ0) is 10.6. The standard InChI is InChI=1S/C10H11ClN2O/c11-8-4-7(5-9(12)6-8)2-1-3-10(13)14/h1-2,4-6H,3,12H2,(H2,13,14). The van der Waals surface area contributed by atoms with E-state index in [0.29, 0.717) is 10.7 Å². The maximum absolute atomic E-state index is 10.4. The van der Waals surface area contributed by atoms with Crippen LogP contribution < -0.4 is 11.5 Å². The summed E-state index contributed by atoms with van der Waals surface area (Å²) >= 11 is 5.79. The van der Waals surface area contributed by atoms with Crippen LogP contribution in [0.5, 0.6) is 0 Å². The van der Waals surface area contributed by atoms with Crippen LogP contribution in [0.15, 0.2) is 24.3 Å². The molecule has 0 fully saturated rings. The fraction of sp³-hybridized carbons (Fsp3) is 0.100. The van der Waals surface area contributed by atoms with Gasteiger partial charge < -0.3 is 11.5 Å². The van der Waals surface area contributed by atoms with E-state index in [2.05, 4.69) is 0 Å². The maximum Gasteiger partial charge on any atom is 0.221 e. The molecule has 1 aromatic carbocycles. The normalized spacial score (nSPS) is 10.6. The van der Waals surface area contributed by atoms with Crippen molar-refractivity contribution in [2.45, 2.75) is 6.42 Å². The first-order chi connectivity index (χ1) is 6.58. The lowest BCUT2D eigenvalue weighted by molar-refractivity contribution is -0.117. The third-order valence-electron chi connectivity index (χ3n) is 1.57. The van der Waals surface area contributed by atoms with Crippen LogP contribution in [0.4, 0.5) is 5.69 Å². The Labute approximate surface area is 87.3 Å².